The summed E-state index contributed by atoms with van der Waals surface area (Å²) >= 11 is 2.57. The van der Waals surface area contributed by atoms with Crippen LogP contribution in [0.5, 0.6) is 0 Å². The SMILES string of the molecule is Cc1c(C(=O)Nc2nc3ccccc3s2)sc2ncn(CC(=O)N3CCCC(C)C3)c(=O)c12. The van der Waals surface area contributed by atoms with E-state index in [9.17, 15) is 14.4 Å². The summed E-state index contributed by atoms with van der Waals surface area (Å²) < 4.78 is 2.33. The number of thiazole rings is 1. The van der Waals surface area contributed by atoms with E-state index in [0.29, 0.717) is 31.7 Å². The van der Waals surface area contributed by atoms with Crippen molar-refractivity contribution < 1.29 is 9.59 Å². The molecule has 8 nitrogen and oxygen atoms in total. The maximum atomic E-state index is 13.2. The van der Waals surface area contributed by atoms with Crippen molar-refractivity contribution in [3.63, 3.8) is 0 Å². The smallest absolute Gasteiger partial charge is 0.267 e. The third-order valence-electron chi connectivity index (χ3n) is 5.95. The fraction of sp³-hybridized carbons (Fsp3) is 0.348. The molecule has 33 heavy (non-hydrogen) atoms. The lowest BCUT2D eigenvalue weighted by molar-refractivity contribution is -0.133. The Morgan fingerprint density at radius 2 is 2.06 bits per heavy atom. The van der Waals surface area contributed by atoms with Crippen LogP contribution in [-0.2, 0) is 11.3 Å². The first-order chi connectivity index (χ1) is 15.9. The molecular formula is C23H23N5O3S2. The van der Waals surface area contributed by atoms with Crippen LogP contribution in [0.25, 0.3) is 20.4 Å². The second-order valence-electron chi connectivity index (χ2n) is 8.44. The van der Waals surface area contributed by atoms with E-state index in [-0.39, 0.29) is 23.9 Å². The first-order valence-electron chi connectivity index (χ1n) is 10.8. The van der Waals surface area contributed by atoms with Gasteiger partial charge in [0.25, 0.3) is 11.5 Å². The Bertz CT molecular complexity index is 1400. The average Bonchev–Trinajstić information content (AvgIpc) is 3.36. The van der Waals surface area contributed by atoms with Crippen LogP contribution in [-0.4, -0.2) is 44.3 Å². The maximum absolute atomic E-state index is 13.2. The van der Waals surface area contributed by atoms with Gasteiger partial charge in [0, 0.05) is 13.1 Å². The van der Waals surface area contributed by atoms with E-state index in [1.165, 1.54) is 33.6 Å². The number of carbonyl (C=O) groups is 2. The predicted molar refractivity (Wildman–Crippen MR) is 131 cm³/mol. The van der Waals surface area contributed by atoms with E-state index in [1.54, 1.807) is 6.92 Å². The zero-order valence-electron chi connectivity index (χ0n) is 18.3. The predicted octanol–water partition coefficient (Wildman–Crippen LogP) is 3.89. The number of aromatic nitrogens is 3. The molecular weight excluding hydrogens is 458 g/mol. The molecule has 2 amide bonds. The van der Waals surface area contributed by atoms with Gasteiger partial charge in [0.15, 0.2) is 5.13 Å². The lowest BCUT2D eigenvalue weighted by Gasteiger charge is -2.31. The second-order valence-corrected chi connectivity index (χ2v) is 10.5. The van der Waals surface area contributed by atoms with Gasteiger partial charge in [-0.15, -0.1) is 11.3 Å². The molecule has 4 heterocycles. The number of thiophene rings is 1. The quantitative estimate of drug-likeness (QED) is 0.477. The molecule has 10 heteroatoms. The lowest BCUT2D eigenvalue weighted by Crippen LogP contribution is -2.42. The molecule has 1 aliphatic heterocycles. The van der Waals surface area contributed by atoms with E-state index in [1.807, 2.05) is 29.2 Å². The van der Waals surface area contributed by atoms with Crippen molar-refractivity contribution in [2.75, 3.05) is 18.4 Å². The van der Waals surface area contributed by atoms with Gasteiger partial charge in [0.2, 0.25) is 5.91 Å². The summed E-state index contributed by atoms with van der Waals surface area (Å²) in [6, 6.07) is 7.67. The highest BCUT2D eigenvalue weighted by atomic mass is 32.1. The van der Waals surface area contributed by atoms with Gasteiger partial charge >= 0.3 is 0 Å². The number of hydrogen-bond acceptors (Lipinski definition) is 7. The summed E-state index contributed by atoms with van der Waals surface area (Å²) in [5, 5.41) is 3.73. The number of rotatable bonds is 4. The molecule has 4 aromatic rings. The number of hydrogen-bond donors (Lipinski definition) is 1. The van der Waals surface area contributed by atoms with Crippen LogP contribution in [0, 0.1) is 12.8 Å². The van der Waals surface area contributed by atoms with Crippen LogP contribution in [0.2, 0.25) is 0 Å². The Morgan fingerprint density at radius 3 is 2.85 bits per heavy atom. The van der Waals surface area contributed by atoms with E-state index in [0.717, 1.165) is 36.1 Å². The molecule has 5 rings (SSSR count). The zero-order valence-corrected chi connectivity index (χ0v) is 20.0. The number of aryl methyl sites for hydroxylation is 1. The van der Waals surface area contributed by atoms with Gasteiger partial charge in [-0.2, -0.15) is 0 Å². The van der Waals surface area contributed by atoms with Crippen molar-refractivity contribution >= 4 is 60.1 Å². The molecule has 170 valence electrons. The highest BCUT2D eigenvalue weighted by molar-refractivity contribution is 7.23. The van der Waals surface area contributed by atoms with E-state index < -0.39 is 0 Å². The summed E-state index contributed by atoms with van der Waals surface area (Å²) in [6.45, 7) is 5.28. The fourth-order valence-corrected chi connectivity index (χ4v) is 6.13. The van der Waals surface area contributed by atoms with Crippen molar-refractivity contribution in [2.45, 2.75) is 33.2 Å². The highest BCUT2D eigenvalue weighted by Crippen LogP contribution is 2.30. The molecule has 1 atom stereocenters. The monoisotopic (exact) mass is 481 g/mol. The van der Waals surface area contributed by atoms with Crippen LogP contribution >= 0.6 is 22.7 Å². The van der Waals surface area contributed by atoms with Crippen molar-refractivity contribution in [1.82, 2.24) is 19.4 Å². The summed E-state index contributed by atoms with van der Waals surface area (Å²) in [5.41, 5.74) is 1.09. The Kier molecular flexibility index (Phi) is 5.71. The largest absolute Gasteiger partial charge is 0.341 e. The topological polar surface area (TPSA) is 97.2 Å². The summed E-state index contributed by atoms with van der Waals surface area (Å²) in [4.78, 5) is 50.4. The van der Waals surface area contributed by atoms with Gasteiger partial charge in [-0.05, 0) is 43.4 Å². The number of piperidine rings is 1. The van der Waals surface area contributed by atoms with Crippen molar-refractivity contribution in [3.05, 3.63) is 51.4 Å². The highest BCUT2D eigenvalue weighted by Gasteiger charge is 2.24. The molecule has 0 bridgehead atoms. The molecule has 1 aliphatic rings. The molecule has 1 unspecified atom stereocenters. The number of fused-ring (bicyclic) bond motifs is 2. The molecule has 3 aromatic heterocycles. The number of carbonyl (C=O) groups excluding carboxylic acids is 2. The molecule has 1 aromatic carbocycles. The third kappa shape index (κ3) is 4.16. The van der Waals surface area contributed by atoms with Gasteiger partial charge < -0.3 is 4.90 Å². The van der Waals surface area contributed by atoms with Gasteiger partial charge in [-0.1, -0.05) is 30.4 Å². The number of anilines is 1. The molecule has 0 aliphatic carbocycles. The number of amides is 2. The Hall–Kier alpha value is -3.11. The molecule has 0 radical (unpaired) electrons. The first kappa shape index (κ1) is 21.7. The second kappa shape index (κ2) is 8.68. The number of benzene rings is 1. The number of nitrogens with one attached hydrogen (secondary N) is 1. The van der Waals surface area contributed by atoms with Gasteiger partial charge in [-0.3, -0.25) is 24.3 Å². The Morgan fingerprint density at radius 1 is 1.24 bits per heavy atom. The third-order valence-corrected chi connectivity index (χ3v) is 8.10. The number of para-hydroxylation sites is 1. The van der Waals surface area contributed by atoms with Crippen LogP contribution in [0.1, 0.15) is 35.0 Å². The minimum absolute atomic E-state index is 0.0446. The van der Waals surface area contributed by atoms with Crippen molar-refractivity contribution in [3.8, 4) is 0 Å². The maximum Gasteiger partial charge on any atom is 0.267 e. The zero-order chi connectivity index (χ0) is 23.1. The number of nitrogens with zero attached hydrogens (tertiary/aromatic N) is 4. The standard InChI is InChI=1S/C23H23N5O3S2/c1-13-6-5-9-27(10-13)17(29)11-28-12-24-21-18(22(28)31)14(2)19(33-21)20(30)26-23-25-15-7-3-4-8-16(15)32-23/h3-4,7-8,12-13H,5-6,9-11H2,1-2H3,(H,25,26,30). The van der Waals surface area contributed by atoms with Crippen LogP contribution in [0.15, 0.2) is 35.4 Å². The van der Waals surface area contributed by atoms with Gasteiger partial charge in [0.1, 0.15) is 11.4 Å². The van der Waals surface area contributed by atoms with Crippen LogP contribution in [0.4, 0.5) is 5.13 Å². The molecule has 0 spiro atoms. The summed E-state index contributed by atoms with van der Waals surface area (Å²) in [7, 11) is 0. The van der Waals surface area contributed by atoms with Crippen LogP contribution < -0.4 is 10.9 Å². The minimum atomic E-state index is -0.320. The normalized spacial score (nSPS) is 16.4. The van der Waals surface area contributed by atoms with E-state index in [2.05, 4.69) is 22.2 Å². The van der Waals surface area contributed by atoms with Gasteiger partial charge in [0.05, 0.1) is 26.8 Å². The number of likely N-dealkylation sites (tertiary alicyclic amines) is 1. The summed E-state index contributed by atoms with van der Waals surface area (Å²) in [5.74, 6) is 0.0704. The minimum Gasteiger partial charge on any atom is -0.341 e. The molecule has 1 N–H and O–H groups in total. The van der Waals surface area contributed by atoms with Crippen molar-refractivity contribution in [1.29, 1.82) is 0 Å². The average molecular weight is 482 g/mol. The lowest BCUT2D eigenvalue weighted by atomic mass is 10.0. The fourth-order valence-electron chi connectivity index (χ4n) is 4.23. The van der Waals surface area contributed by atoms with E-state index in [4.69, 9.17) is 0 Å². The molecule has 1 fully saturated rings. The molecule has 1 saturated heterocycles. The van der Waals surface area contributed by atoms with Crippen LogP contribution in [0.3, 0.4) is 0 Å². The van der Waals surface area contributed by atoms with Crippen molar-refractivity contribution in [2.24, 2.45) is 5.92 Å². The Balaban J connectivity index is 1.40. The van der Waals surface area contributed by atoms with Gasteiger partial charge in [-0.25, -0.2) is 9.97 Å². The molecule has 0 saturated carbocycles. The Labute approximate surface area is 197 Å². The first-order valence-corrected chi connectivity index (χ1v) is 12.5. The summed E-state index contributed by atoms with van der Waals surface area (Å²) in [6.07, 6.45) is 3.50. The van der Waals surface area contributed by atoms with E-state index >= 15 is 0 Å².